The van der Waals surface area contributed by atoms with E-state index < -0.39 is 0 Å². The minimum absolute atomic E-state index is 0.0201. The number of rotatable bonds is 6. The van der Waals surface area contributed by atoms with E-state index in [4.69, 9.17) is 20.8 Å². The summed E-state index contributed by atoms with van der Waals surface area (Å²) in [5, 5.41) is 4.55. The fourth-order valence-corrected chi connectivity index (χ4v) is 2.42. The second kappa shape index (κ2) is 7.20. The Labute approximate surface area is 139 Å². The zero-order valence-corrected chi connectivity index (χ0v) is 13.2. The van der Waals surface area contributed by atoms with Crippen LogP contribution in [-0.4, -0.2) is 19.1 Å². The van der Waals surface area contributed by atoms with Crippen molar-refractivity contribution in [3.8, 4) is 5.75 Å². The molecule has 1 aromatic heterocycles. The molecule has 0 bridgehead atoms. The topological polar surface area (TPSA) is 51.5 Å². The molecule has 0 aliphatic rings. The van der Waals surface area contributed by atoms with Crippen molar-refractivity contribution in [3.63, 3.8) is 0 Å². The molecule has 0 atom stereocenters. The number of para-hydroxylation sites is 1. The van der Waals surface area contributed by atoms with Gasteiger partial charge in [0.15, 0.2) is 6.61 Å². The maximum absolute atomic E-state index is 11.8. The summed E-state index contributed by atoms with van der Waals surface area (Å²) >= 11 is 5.79. The van der Waals surface area contributed by atoms with E-state index in [1.165, 1.54) is 0 Å². The molecule has 3 aromatic rings. The highest BCUT2D eigenvalue weighted by Crippen LogP contribution is 2.20. The van der Waals surface area contributed by atoms with Gasteiger partial charge in [-0.25, -0.2) is 0 Å². The molecule has 1 heterocycles. The first-order valence-corrected chi connectivity index (χ1v) is 7.70. The van der Waals surface area contributed by atoms with E-state index in [0.29, 0.717) is 23.7 Å². The predicted molar refractivity (Wildman–Crippen MR) is 89.9 cm³/mol. The highest BCUT2D eigenvalue weighted by Gasteiger charge is 2.06. The molecule has 0 saturated carbocycles. The number of nitrogens with one attached hydrogen (secondary N) is 1. The van der Waals surface area contributed by atoms with Crippen LogP contribution in [0.2, 0.25) is 5.02 Å². The van der Waals surface area contributed by atoms with Gasteiger partial charge in [-0.3, -0.25) is 4.79 Å². The number of fused-ring (bicyclic) bond motifs is 1. The Balaban J connectivity index is 1.45. The lowest BCUT2D eigenvalue weighted by molar-refractivity contribution is -0.123. The Kier molecular flexibility index (Phi) is 4.83. The molecule has 1 amide bonds. The van der Waals surface area contributed by atoms with Crippen molar-refractivity contribution in [2.45, 2.75) is 6.42 Å². The van der Waals surface area contributed by atoms with Gasteiger partial charge in [0.25, 0.3) is 5.91 Å². The zero-order chi connectivity index (χ0) is 16.1. The summed E-state index contributed by atoms with van der Waals surface area (Å²) in [6, 6.07) is 14.8. The molecule has 0 fully saturated rings. The third-order valence-corrected chi connectivity index (χ3v) is 3.71. The second-order valence-corrected chi connectivity index (χ2v) is 5.54. The van der Waals surface area contributed by atoms with Crippen molar-refractivity contribution in [1.29, 1.82) is 0 Å². The number of halogens is 1. The number of ether oxygens (including phenoxy) is 1. The standard InChI is InChI=1S/C18H16ClNO3/c19-14-5-7-15(8-6-14)22-12-18(21)20-10-9-13-11-23-17-4-2-1-3-16(13)17/h1-8,11H,9-10,12H2,(H,20,21). The summed E-state index contributed by atoms with van der Waals surface area (Å²) in [4.78, 5) is 11.8. The van der Waals surface area contributed by atoms with E-state index in [-0.39, 0.29) is 12.5 Å². The van der Waals surface area contributed by atoms with Crippen LogP contribution in [0.3, 0.4) is 0 Å². The van der Waals surface area contributed by atoms with Gasteiger partial charge in [-0.05, 0) is 42.3 Å². The summed E-state index contributed by atoms with van der Waals surface area (Å²) in [6.07, 6.45) is 2.45. The predicted octanol–water partition coefficient (Wildman–Crippen LogP) is 3.82. The van der Waals surface area contributed by atoms with Crippen molar-refractivity contribution >= 4 is 28.5 Å². The number of hydrogen-bond acceptors (Lipinski definition) is 3. The van der Waals surface area contributed by atoms with Gasteiger partial charge >= 0.3 is 0 Å². The summed E-state index contributed by atoms with van der Waals surface area (Å²) in [6.45, 7) is 0.514. The first kappa shape index (κ1) is 15.4. The van der Waals surface area contributed by atoms with E-state index in [2.05, 4.69) is 5.32 Å². The zero-order valence-electron chi connectivity index (χ0n) is 12.4. The number of carbonyl (C=O) groups is 1. The maximum atomic E-state index is 11.8. The van der Waals surface area contributed by atoms with E-state index in [1.807, 2.05) is 24.3 Å². The smallest absolute Gasteiger partial charge is 0.257 e. The van der Waals surface area contributed by atoms with Crippen molar-refractivity contribution in [2.24, 2.45) is 0 Å². The average molecular weight is 330 g/mol. The molecular formula is C18H16ClNO3. The lowest BCUT2D eigenvalue weighted by atomic mass is 10.1. The molecule has 0 unspecified atom stereocenters. The van der Waals surface area contributed by atoms with E-state index in [9.17, 15) is 4.79 Å². The Hall–Kier alpha value is -2.46. The largest absolute Gasteiger partial charge is 0.484 e. The highest BCUT2D eigenvalue weighted by molar-refractivity contribution is 6.30. The third kappa shape index (κ3) is 4.05. The molecule has 3 rings (SSSR count). The number of benzene rings is 2. The molecule has 0 saturated heterocycles. The van der Waals surface area contributed by atoms with Crippen LogP contribution < -0.4 is 10.1 Å². The van der Waals surface area contributed by atoms with Crippen LogP contribution in [0.1, 0.15) is 5.56 Å². The number of furan rings is 1. The van der Waals surface area contributed by atoms with Crippen LogP contribution in [0, 0.1) is 0 Å². The molecule has 118 valence electrons. The molecule has 0 aliphatic carbocycles. The fourth-order valence-electron chi connectivity index (χ4n) is 2.29. The van der Waals surface area contributed by atoms with Crippen LogP contribution in [-0.2, 0) is 11.2 Å². The van der Waals surface area contributed by atoms with Crippen LogP contribution in [0.25, 0.3) is 11.0 Å². The van der Waals surface area contributed by atoms with E-state index >= 15 is 0 Å². The van der Waals surface area contributed by atoms with Gasteiger partial charge in [-0.2, -0.15) is 0 Å². The molecule has 0 radical (unpaired) electrons. The number of hydrogen-bond donors (Lipinski definition) is 1. The maximum Gasteiger partial charge on any atom is 0.257 e. The lowest BCUT2D eigenvalue weighted by Crippen LogP contribution is -2.30. The van der Waals surface area contributed by atoms with Gasteiger partial charge in [0.1, 0.15) is 11.3 Å². The molecule has 5 heteroatoms. The first-order chi connectivity index (χ1) is 11.2. The molecule has 0 aliphatic heterocycles. The van der Waals surface area contributed by atoms with Crippen molar-refractivity contribution in [1.82, 2.24) is 5.32 Å². The minimum Gasteiger partial charge on any atom is -0.484 e. The fraction of sp³-hybridized carbons (Fsp3) is 0.167. The minimum atomic E-state index is -0.159. The Morgan fingerprint density at radius 3 is 2.74 bits per heavy atom. The Morgan fingerprint density at radius 1 is 1.13 bits per heavy atom. The van der Waals surface area contributed by atoms with E-state index in [0.717, 1.165) is 16.5 Å². The second-order valence-electron chi connectivity index (χ2n) is 5.10. The summed E-state index contributed by atoms with van der Waals surface area (Å²) < 4.78 is 10.9. The molecule has 2 aromatic carbocycles. The van der Waals surface area contributed by atoms with Gasteiger partial charge in [-0.1, -0.05) is 29.8 Å². The quantitative estimate of drug-likeness (QED) is 0.748. The van der Waals surface area contributed by atoms with E-state index in [1.54, 1.807) is 30.5 Å². The van der Waals surface area contributed by atoms with Crippen molar-refractivity contribution < 1.29 is 13.9 Å². The van der Waals surface area contributed by atoms with Gasteiger partial charge in [0.2, 0.25) is 0 Å². The molecule has 1 N–H and O–H groups in total. The summed E-state index contributed by atoms with van der Waals surface area (Å²) in [7, 11) is 0. The van der Waals surface area contributed by atoms with Gasteiger partial charge in [0, 0.05) is 17.0 Å². The summed E-state index contributed by atoms with van der Waals surface area (Å²) in [5.41, 5.74) is 1.94. The van der Waals surface area contributed by atoms with Crippen LogP contribution >= 0.6 is 11.6 Å². The van der Waals surface area contributed by atoms with Gasteiger partial charge in [-0.15, -0.1) is 0 Å². The number of carbonyl (C=O) groups excluding carboxylic acids is 1. The summed E-state index contributed by atoms with van der Waals surface area (Å²) in [5.74, 6) is 0.457. The highest BCUT2D eigenvalue weighted by atomic mass is 35.5. The Bertz CT molecular complexity index is 795. The van der Waals surface area contributed by atoms with Gasteiger partial charge < -0.3 is 14.5 Å². The molecule has 23 heavy (non-hydrogen) atoms. The van der Waals surface area contributed by atoms with Crippen molar-refractivity contribution in [3.05, 3.63) is 65.4 Å². The molecule has 0 spiro atoms. The van der Waals surface area contributed by atoms with Crippen LogP contribution in [0.15, 0.2) is 59.2 Å². The monoisotopic (exact) mass is 329 g/mol. The average Bonchev–Trinajstić information content (AvgIpc) is 2.98. The van der Waals surface area contributed by atoms with Gasteiger partial charge in [0.05, 0.1) is 6.26 Å². The normalized spacial score (nSPS) is 10.7. The Morgan fingerprint density at radius 2 is 1.91 bits per heavy atom. The van der Waals surface area contributed by atoms with Crippen LogP contribution in [0.5, 0.6) is 5.75 Å². The number of amides is 1. The molecule has 4 nitrogen and oxygen atoms in total. The van der Waals surface area contributed by atoms with Crippen molar-refractivity contribution in [2.75, 3.05) is 13.2 Å². The third-order valence-electron chi connectivity index (χ3n) is 3.46. The SMILES string of the molecule is O=C(COc1ccc(Cl)cc1)NCCc1coc2ccccc12. The first-order valence-electron chi connectivity index (χ1n) is 7.32. The lowest BCUT2D eigenvalue weighted by Gasteiger charge is -2.07. The molecular weight excluding hydrogens is 314 g/mol. The van der Waals surface area contributed by atoms with Crippen LogP contribution in [0.4, 0.5) is 0 Å².